The van der Waals surface area contributed by atoms with Crippen molar-refractivity contribution in [2.24, 2.45) is 0 Å². The molecule has 9 heteroatoms. The minimum atomic E-state index is 0. The van der Waals surface area contributed by atoms with E-state index in [9.17, 15) is 0 Å². The van der Waals surface area contributed by atoms with Gasteiger partial charge in [0.25, 0.3) is 0 Å². The van der Waals surface area contributed by atoms with Crippen LogP contribution in [-0.2, 0) is 23.3 Å². The topological polar surface area (TPSA) is 104 Å². The third kappa shape index (κ3) is 57.2. The van der Waals surface area contributed by atoms with Gasteiger partial charge < -0.3 is 30.7 Å². The summed E-state index contributed by atoms with van der Waals surface area (Å²) in [6.45, 7) is 5.39. The second-order valence-corrected chi connectivity index (χ2v) is 4.24. The molecule has 1 aliphatic heterocycles. The van der Waals surface area contributed by atoms with Crippen LogP contribution in [0, 0.1) is 0 Å². The fraction of sp³-hybridized carbons (Fsp3) is 1.00. The Morgan fingerprint density at radius 2 is 1.17 bits per heavy atom. The minimum absolute atomic E-state index is 0. The molecular formula is C15H44N4O4V. The van der Waals surface area contributed by atoms with Gasteiger partial charge in [0.05, 0.1) is 33.1 Å². The van der Waals surface area contributed by atoms with Crippen molar-refractivity contribution in [3.05, 3.63) is 0 Å². The summed E-state index contributed by atoms with van der Waals surface area (Å²) in [5.41, 5.74) is 0. The Kier molecular flexibility index (Phi) is 63.5. The van der Waals surface area contributed by atoms with E-state index in [-0.39, 0.29) is 46.6 Å². The molecule has 0 aromatic heterocycles. The van der Waals surface area contributed by atoms with E-state index in [4.69, 9.17) is 15.3 Å². The minimum Gasteiger partial charge on any atom is -0.400 e. The van der Waals surface area contributed by atoms with Gasteiger partial charge in [-0.15, -0.1) is 0 Å². The summed E-state index contributed by atoms with van der Waals surface area (Å²) < 4.78 is 4.50. The van der Waals surface area contributed by atoms with E-state index in [0.717, 1.165) is 33.7 Å². The van der Waals surface area contributed by atoms with E-state index in [1.807, 2.05) is 38.0 Å². The molecule has 1 fully saturated rings. The van der Waals surface area contributed by atoms with Crippen LogP contribution in [0.1, 0.15) is 14.9 Å². The van der Waals surface area contributed by atoms with Crippen molar-refractivity contribution in [1.29, 1.82) is 0 Å². The Morgan fingerprint density at radius 1 is 0.875 bits per heavy atom. The molecule has 0 spiro atoms. The van der Waals surface area contributed by atoms with Crippen molar-refractivity contribution < 1.29 is 38.6 Å². The summed E-state index contributed by atoms with van der Waals surface area (Å²) in [5.74, 6) is 0. The van der Waals surface area contributed by atoms with Gasteiger partial charge in [-0.05, 0) is 28.2 Å². The predicted molar refractivity (Wildman–Crippen MR) is 99.7 cm³/mol. The molecular weight excluding hydrogens is 351 g/mol. The molecule has 0 aromatic carbocycles. The molecule has 0 saturated carbocycles. The molecule has 1 aliphatic rings. The van der Waals surface area contributed by atoms with Crippen molar-refractivity contribution in [2.75, 3.05) is 88.2 Å². The average Bonchev–Trinajstić information content (AvgIpc) is 3.31. The molecule has 1 heterocycles. The number of hydrogen-bond donors (Lipinski definition) is 5. The van der Waals surface area contributed by atoms with Gasteiger partial charge >= 0.3 is 0 Å². The first-order valence-corrected chi connectivity index (χ1v) is 7.02. The SMILES string of the molecule is C.C.C1CO1.CN(CCO)CN(C)CCO.CNCNC.CO.[V]. The quantitative estimate of drug-likeness (QED) is 0.265. The zero-order valence-corrected chi connectivity index (χ0v) is 16.1. The van der Waals surface area contributed by atoms with E-state index in [1.54, 1.807) is 0 Å². The van der Waals surface area contributed by atoms with Crippen LogP contribution in [0.3, 0.4) is 0 Å². The van der Waals surface area contributed by atoms with E-state index in [2.05, 4.69) is 15.4 Å². The van der Waals surface area contributed by atoms with E-state index >= 15 is 0 Å². The number of nitrogens with one attached hydrogen (secondary N) is 2. The van der Waals surface area contributed by atoms with Crippen molar-refractivity contribution >= 4 is 0 Å². The Labute approximate surface area is 162 Å². The Bertz CT molecular complexity index is 158. The van der Waals surface area contributed by atoms with Crippen molar-refractivity contribution in [3.63, 3.8) is 0 Å². The van der Waals surface area contributed by atoms with Gasteiger partial charge in [-0.1, -0.05) is 14.9 Å². The number of rotatable bonds is 8. The normalized spacial score (nSPS) is 10.2. The Morgan fingerprint density at radius 3 is 1.29 bits per heavy atom. The number of aliphatic hydroxyl groups excluding tert-OH is 3. The van der Waals surface area contributed by atoms with Crippen LogP contribution in [0.4, 0.5) is 0 Å². The molecule has 153 valence electrons. The average molecular weight is 395 g/mol. The van der Waals surface area contributed by atoms with Gasteiger partial charge in [0.1, 0.15) is 0 Å². The Balaban J connectivity index is -0.0000000526. The first-order valence-electron chi connectivity index (χ1n) is 7.02. The van der Waals surface area contributed by atoms with E-state index in [0.29, 0.717) is 13.1 Å². The molecule has 8 nitrogen and oxygen atoms in total. The number of hydrogen-bond acceptors (Lipinski definition) is 8. The summed E-state index contributed by atoms with van der Waals surface area (Å²) in [4.78, 5) is 3.99. The maximum Gasteiger partial charge on any atom is 0.0701 e. The van der Waals surface area contributed by atoms with Gasteiger partial charge in [-0.3, -0.25) is 9.80 Å². The van der Waals surface area contributed by atoms with Crippen LogP contribution in [0.15, 0.2) is 0 Å². The van der Waals surface area contributed by atoms with Crippen LogP contribution >= 0.6 is 0 Å². The van der Waals surface area contributed by atoms with Crippen LogP contribution in [0.5, 0.6) is 0 Å². The fourth-order valence-electron chi connectivity index (χ4n) is 1.07. The van der Waals surface area contributed by atoms with Gasteiger partial charge in [0.15, 0.2) is 0 Å². The van der Waals surface area contributed by atoms with Crippen molar-refractivity contribution in [1.82, 2.24) is 20.4 Å². The summed E-state index contributed by atoms with van der Waals surface area (Å²) >= 11 is 0. The summed E-state index contributed by atoms with van der Waals surface area (Å²) in [6, 6.07) is 0. The van der Waals surface area contributed by atoms with Gasteiger partial charge in [0.2, 0.25) is 0 Å². The van der Waals surface area contributed by atoms with E-state index in [1.165, 1.54) is 0 Å². The summed E-state index contributed by atoms with van der Waals surface area (Å²) in [5, 5.41) is 30.0. The summed E-state index contributed by atoms with van der Waals surface area (Å²) in [7, 11) is 8.67. The van der Waals surface area contributed by atoms with Gasteiger partial charge in [-0.2, -0.15) is 0 Å². The third-order valence-corrected chi connectivity index (χ3v) is 2.00. The molecule has 0 atom stereocenters. The monoisotopic (exact) mass is 395 g/mol. The first kappa shape index (κ1) is 39.4. The van der Waals surface area contributed by atoms with Gasteiger partial charge in [-0.25, -0.2) is 0 Å². The Hall–Kier alpha value is 0.264. The molecule has 0 bridgehead atoms. The molecule has 5 N–H and O–H groups in total. The number of aliphatic hydroxyl groups is 3. The second kappa shape index (κ2) is 38.7. The number of nitrogens with zero attached hydrogens (tertiary/aromatic N) is 2. The first-order chi connectivity index (χ1) is 10.1. The molecule has 0 aliphatic carbocycles. The predicted octanol–water partition coefficient (Wildman–Crippen LogP) is -0.930. The van der Waals surface area contributed by atoms with Crippen LogP contribution in [0.25, 0.3) is 0 Å². The van der Waals surface area contributed by atoms with Gasteiger partial charge in [0, 0.05) is 45.4 Å². The number of likely N-dealkylation sites (N-methyl/N-ethyl adjacent to an activating group) is 2. The zero-order chi connectivity index (χ0) is 16.9. The molecule has 0 unspecified atom stereocenters. The van der Waals surface area contributed by atoms with Crippen LogP contribution in [-0.4, -0.2) is 113 Å². The van der Waals surface area contributed by atoms with Crippen molar-refractivity contribution in [3.8, 4) is 0 Å². The van der Waals surface area contributed by atoms with Crippen molar-refractivity contribution in [2.45, 2.75) is 14.9 Å². The molecule has 1 saturated heterocycles. The fourth-order valence-corrected chi connectivity index (χ4v) is 1.07. The third-order valence-electron chi connectivity index (χ3n) is 2.00. The zero-order valence-electron chi connectivity index (χ0n) is 14.7. The molecule has 0 amide bonds. The largest absolute Gasteiger partial charge is 0.400 e. The smallest absolute Gasteiger partial charge is 0.0701 e. The maximum absolute atomic E-state index is 8.57. The molecule has 1 rings (SSSR count). The number of ether oxygens (including phenoxy) is 1. The molecule has 24 heavy (non-hydrogen) atoms. The number of epoxide rings is 1. The summed E-state index contributed by atoms with van der Waals surface area (Å²) in [6.07, 6.45) is 0. The standard InChI is InChI=1S/C7H18N2O2.C3H10N2.C2H4O.CH4O.2CH4.V/c1-8(3-5-10)7-9(2)4-6-11;1-4-3-5-2;1-2-3-1;1-2;;;/h10-11H,3-7H2,1-2H3;4-5H,3H2,1-2H3;1-2H2;2H,1H3;2*1H4;. The molecule has 0 aromatic rings. The maximum atomic E-state index is 8.57. The van der Waals surface area contributed by atoms with E-state index < -0.39 is 0 Å². The second-order valence-electron chi connectivity index (χ2n) is 4.24. The molecule has 1 radical (unpaired) electrons. The van der Waals surface area contributed by atoms with Crippen LogP contribution in [0.2, 0.25) is 0 Å². The van der Waals surface area contributed by atoms with Crippen LogP contribution < -0.4 is 10.6 Å².